The molecule has 0 amide bonds. The summed E-state index contributed by atoms with van der Waals surface area (Å²) in [4.78, 5) is 4.31. The fourth-order valence-corrected chi connectivity index (χ4v) is 2.55. The summed E-state index contributed by atoms with van der Waals surface area (Å²) in [5.74, 6) is 2.68. The number of furan rings is 1. The van der Waals surface area contributed by atoms with E-state index in [2.05, 4.69) is 22.5 Å². The summed E-state index contributed by atoms with van der Waals surface area (Å²) in [6, 6.07) is 4.08. The lowest BCUT2D eigenvalue weighted by Gasteiger charge is -2.20. The van der Waals surface area contributed by atoms with Crippen LogP contribution >= 0.6 is 24.0 Å². The molecule has 1 aliphatic rings. The SMILES string of the molecule is CCOCCC1(CNC(=NC)NC(C)c2ccc(C)o2)CC1.I. The number of rotatable bonds is 8. The van der Waals surface area contributed by atoms with Crippen molar-refractivity contribution in [3.63, 3.8) is 0 Å². The van der Waals surface area contributed by atoms with E-state index in [1.807, 2.05) is 26.0 Å². The molecule has 0 radical (unpaired) electrons. The van der Waals surface area contributed by atoms with Gasteiger partial charge in [-0.2, -0.15) is 0 Å². The highest BCUT2D eigenvalue weighted by Gasteiger charge is 2.42. The molecule has 1 unspecified atom stereocenters. The van der Waals surface area contributed by atoms with Gasteiger partial charge in [0.05, 0.1) is 6.04 Å². The highest BCUT2D eigenvalue weighted by atomic mass is 127. The topological polar surface area (TPSA) is 58.8 Å². The highest BCUT2D eigenvalue weighted by Crippen LogP contribution is 2.48. The van der Waals surface area contributed by atoms with Crippen molar-refractivity contribution >= 4 is 29.9 Å². The Kier molecular flexibility index (Phi) is 8.39. The van der Waals surface area contributed by atoms with Crippen molar-refractivity contribution in [1.29, 1.82) is 0 Å². The Morgan fingerprint density at radius 3 is 2.70 bits per heavy atom. The summed E-state index contributed by atoms with van der Waals surface area (Å²) >= 11 is 0. The molecule has 1 heterocycles. The number of aliphatic imine (C=N–C) groups is 1. The summed E-state index contributed by atoms with van der Waals surface area (Å²) in [6.07, 6.45) is 3.67. The average Bonchev–Trinajstić information content (AvgIpc) is 3.14. The second kappa shape index (κ2) is 9.52. The Labute approximate surface area is 156 Å². The Hall–Kier alpha value is -0.760. The molecular weight excluding hydrogens is 405 g/mol. The normalized spacial score (nSPS) is 17.3. The quantitative estimate of drug-likeness (QED) is 0.283. The van der Waals surface area contributed by atoms with E-state index in [9.17, 15) is 0 Å². The summed E-state index contributed by atoms with van der Waals surface area (Å²) in [7, 11) is 1.80. The first-order chi connectivity index (χ1) is 10.6. The molecule has 6 heteroatoms. The molecule has 1 saturated carbocycles. The van der Waals surface area contributed by atoms with Gasteiger partial charge >= 0.3 is 0 Å². The predicted molar refractivity (Wildman–Crippen MR) is 105 cm³/mol. The molecule has 0 aliphatic heterocycles. The summed E-state index contributed by atoms with van der Waals surface area (Å²) in [5, 5.41) is 6.83. The third-order valence-corrected chi connectivity index (χ3v) is 4.33. The Balaban J connectivity index is 0.00000264. The Morgan fingerprint density at radius 1 is 1.43 bits per heavy atom. The van der Waals surface area contributed by atoms with Gasteiger partial charge in [0, 0.05) is 26.8 Å². The highest BCUT2D eigenvalue weighted by molar-refractivity contribution is 14.0. The van der Waals surface area contributed by atoms with E-state index >= 15 is 0 Å². The standard InChI is InChI=1S/C17H29N3O2.HI/c1-5-21-11-10-17(8-9-17)12-19-16(18-4)20-14(3)15-7-6-13(2)22-15;/h6-7,14H,5,8-12H2,1-4H3,(H2,18,19,20);1H. The molecule has 0 bridgehead atoms. The van der Waals surface area contributed by atoms with Crippen LogP contribution in [0, 0.1) is 12.3 Å². The van der Waals surface area contributed by atoms with E-state index in [1.54, 1.807) is 7.05 Å². The van der Waals surface area contributed by atoms with Crippen LogP contribution in [0.3, 0.4) is 0 Å². The van der Waals surface area contributed by atoms with Gasteiger partial charge in [-0.05, 0) is 57.6 Å². The number of halogens is 1. The molecule has 0 saturated heterocycles. The van der Waals surface area contributed by atoms with Crippen LogP contribution in [0.4, 0.5) is 0 Å². The zero-order valence-electron chi connectivity index (χ0n) is 14.6. The molecule has 0 aromatic carbocycles. The summed E-state index contributed by atoms with van der Waals surface area (Å²) in [6.45, 7) is 8.68. The first-order valence-corrected chi connectivity index (χ1v) is 8.20. The number of guanidine groups is 1. The minimum Gasteiger partial charge on any atom is -0.464 e. The van der Waals surface area contributed by atoms with Gasteiger partial charge in [-0.3, -0.25) is 4.99 Å². The van der Waals surface area contributed by atoms with Gasteiger partial charge in [0.25, 0.3) is 0 Å². The lowest BCUT2D eigenvalue weighted by molar-refractivity contribution is 0.128. The smallest absolute Gasteiger partial charge is 0.191 e. The number of nitrogens with one attached hydrogen (secondary N) is 2. The Morgan fingerprint density at radius 2 is 2.17 bits per heavy atom. The van der Waals surface area contributed by atoms with E-state index in [4.69, 9.17) is 9.15 Å². The van der Waals surface area contributed by atoms with Gasteiger partial charge in [-0.1, -0.05) is 0 Å². The van der Waals surface area contributed by atoms with Gasteiger partial charge < -0.3 is 19.8 Å². The van der Waals surface area contributed by atoms with Crippen LogP contribution in [-0.4, -0.2) is 32.8 Å². The van der Waals surface area contributed by atoms with Crippen molar-refractivity contribution in [2.24, 2.45) is 10.4 Å². The van der Waals surface area contributed by atoms with E-state index < -0.39 is 0 Å². The van der Waals surface area contributed by atoms with Crippen molar-refractivity contribution < 1.29 is 9.15 Å². The molecule has 1 atom stereocenters. The number of hydrogen-bond donors (Lipinski definition) is 2. The fourth-order valence-electron chi connectivity index (χ4n) is 2.55. The second-order valence-electron chi connectivity index (χ2n) is 6.19. The maximum Gasteiger partial charge on any atom is 0.191 e. The second-order valence-corrected chi connectivity index (χ2v) is 6.19. The maximum atomic E-state index is 5.65. The third-order valence-electron chi connectivity index (χ3n) is 4.33. The molecule has 2 N–H and O–H groups in total. The van der Waals surface area contributed by atoms with Gasteiger partial charge in [-0.15, -0.1) is 24.0 Å². The van der Waals surface area contributed by atoms with Gasteiger partial charge in [0.15, 0.2) is 5.96 Å². The van der Waals surface area contributed by atoms with E-state index in [1.165, 1.54) is 12.8 Å². The zero-order chi connectivity index (χ0) is 16.0. The van der Waals surface area contributed by atoms with Crippen molar-refractivity contribution in [1.82, 2.24) is 10.6 Å². The molecule has 0 spiro atoms. The van der Waals surface area contributed by atoms with Crippen LogP contribution in [0.15, 0.2) is 21.5 Å². The molecule has 1 aromatic heterocycles. The molecule has 132 valence electrons. The number of nitrogens with zero attached hydrogens (tertiary/aromatic N) is 1. The number of aryl methyl sites for hydroxylation is 1. The van der Waals surface area contributed by atoms with Crippen LogP contribution in [-0.2, 0) is 4.74 Å². The van der Waals surface area contributed by atoms with E-state index in [-0.39, 0.29) is 30.0 Å². The maximum absolute atomic E-state index is 5.65. The molecule has 23 heavy (non-hydrogen) atoms. The fraction of sp³-hybridized carbons (Fsp3) is 0.706. The van der Waals surface area contributed by atoms with Crippen molar-refractivity contribution in [3.8, 4) is 0 Å². The predicted octanol–water partition coefficient (Wildman–Crippen LogP) is 3.64. The monoisotopic (exact) mass is 435 g/mol. The molecule has 5 nitrogen and oxygen atoms in total. The average molecular weight is 435 g/mol. The minimum atomic E-state index is 0. The lowest BCUT2D eigenvalue weighted by atomic mass is 10.0. The first-order valence-electron chi connectivity index (χ1n) is 8.20. The largest absolute Gasteiger partial charge is 0.464 e. The summed E-state index contributed by atoms with van der Waals surface area (Å²) in [5.41, 5.74) is 0.400. The zero-order valence-corrected chi connectivity index (χ0v) is 17.0. The van der Waals surface area contributed by atoms with Crippen molar-refractivity contribution in [2.75, 3.05) is 26.8 Å². The van der Waals surface area contributed by atoms with Crippen LogP contribution in [0.2, 0.25) is 0 Å². The third kappa shape index (κ3) is 6.33. The van der Waals surface area contributed by atoms with Gasteiger partial charge in [-0.25, -0.2) is 0 Å². The van der Waals surface area contributed by atoms with Crippen molar-refractivity contribution in [3.05, 3.63) is 23.7 Å². The molecule has 2 rings (SSSR count). The van der Waals surface area contributed by atoms with Crippen LogP contribution in [0.1, 0.15) is 50.7 Å². The van der Waals surface area contributed by atoms with E-state index in [0.717, 1.165) is 43.7 Å². The first kappa shape index (κ1) is 20.3. The van der Waals surface area contributed by atoms with Gasteiger partial charge in [0.2, 0.25) is 0 Å². The summed E-state index contributed by atoms with van der Waals surface area (Å²) < 4.78 is 11.1. The van der Waals surface area contributed by atoms with E-state index in [0.29, 0.717) is 5.41 Å². The molecule has 1 aromatic rings. The Bertz CT molecular complexity index is 498. The number of ether oxygens (including phenoxy) is 1. The minimum absolute atomic E-state index is 0. The van der Waals surface area contributed by atoms with Gasteiger partial charge in [0.1, 0.15) is 11.5 Å². The molecule has 1 aliphatic carbocycles. The lowest BCUT2D eigenvalue weighted by Crippen LogP contribution is -2.41. The molecule has 1 fully saturated rings. The van der Waals surface area contributed by atoms with Crippen LogP contribution < -0.4 is 10.6 Å². The number of hydrogen-bond acceptors (Lipinski definition) is 3. The van der Waals surface area contributed by atoms with Crippen molar-refractivity contribution in [2.45, 2.75) is 46.1 Å². The van der Waals surface area contributed by atoms with Crippen LogP contribution in [0.25, 0.3) is 0 Å². The van der Waals surface area contributed by atoms with Crippen LogP contribution in [0.5, 0.6) is 0 Å². The molecular formula is C17H30IN3O2.